The Morgan fingerprint density at radius 1 is 0.829 bits per heavy atom. The zero-order valence-electron chi connectivity index (χ0n) is 25.0. The van der Waals surface area contributed by atoms with E-state index in [-0.39, 0.29) is 79.0 Å². The number of hydrogen-bond donors (Lipinski definition) is 6. The van der Waals surface area contributed by atoms with Crippen LogP contribution in [0.5, 0.6) is 0 Å². The van der Waals surface area contributed by atoms with Crippen molar-refractivity contribution in [2.45, 2.75) is 72.1 Å². The van der Waals surface area contributed by atoms with E-state index < -0.39 is 10.9 Å². The molecule has 9 N–H and O–H groups in total. The summed E-state index contributed by atoms with van der Waals surface area (Å²) in [5.74, 6) is 2.65. The van der Waals surface area contributed by atoms with E-state index in [9.17, 15) is 0 Å². The number of piperidine rings is 3. The summed E-state index contributed by atoms with van der Waals surface area (Å²) in [7, 11) is -0.609. The predicted octanol–water partition coefficient (Wildman–Crippen LogP) is 1.33. The van der Waals surface area contributed by atoms with Crippen molar-refractivity contribution in [1.29, 1.82) is 4.78 Å². The zero-order chi connectivity index (χ0) is 27.4. The number of hydrogen-bond acceptors (Lipinski definition) is 8. The van der Waals surface area contributed by atoms with Crippen LogP contribution in [0.3, 0.4) is 0 Å². The molecule has 3 rings (SSSR count). The molecule has 1 atom stereocenters. The minimum absolute atomic E-state index is 0. The molecule has 0 saturated carbocycles. The van der Waals surface area contributed by atoms with Crippen LogP contribution in [-0.4, -0.2) is 113 Å². The number of likely N-dealkylation sites (tertiary alicyclic amines) is 3. The summed E-state index contributed by atoms with van der Waals surface area (Å²) < 4.78 is 7.18. The normalized spacial score (nSPS) is 17.1. The fourth-order valence-corrected chi connectivity index (χ4v) is 5.01. The Morgan fingerprint density at radius 3 is 1.34 bits per heavy atom. The Labute approximate surface area is 306 Å². The molecule has 0 radical (unpaired) electrons. The smallest absolute Gasteiger partial charge is 0.870 e. The summed E-state index contributed by atoms with van der Waals surface area (Å²) in [4.78, 5) is 7.36. The number of halogens is 3. The van der Waals surface area contributed by atoms with Crippen LogP contribution in [0.25, 0.3) is 0 Å². The van der Waals surface area contributed by atoms with E-state index in [2.05, 4.69) is 51.0 Å². The number of thiocarbonyl (C=S) groups is 1. The van der Waals surface area contributed by atoms with Crippen LogP contribution in [0.15, 0.2) is 0 Å². The molecule has 1 unspecified atom stereocenters. The Morgan fingerprint density at radius 2 is 1.10 bits per heavy atom. The topological polar surface area (TPSA) is 162 Å². The molecule has 16 heteroatoms. The first-order valence-electron chi connectivity index (χ1n) is 13.5. The Kier molecular flexibility index (Phi) is 65.8. The Hall–Kier alpha value is 1.82. The van der Waals surface area contributed by atoms with E-state index in [0.717, 1.165) is 30.5 Å². The maximum absolute atomic E-state index is 7.57. The molecule has 0 spiro atoms. The van der Waals surface area contributed by atoms with E-state index >= 15 is 0 Å². The van der Waals surface area contributed by atoms with Gasteiger partial charge in [0.1, 0.15) is 0 Å². The maximum Gasteiger partial charge on any atom is 1.00 e. The van der Waals surface area contributed by atoms with Gasteiger partial charge in [-0.15, -0.1) is 36.4 Å². The maximum atomic E-state index is 7.57. The molecule has 3 heterocycles. The van der Waals surface area contributed by atoms with Crippen molar-refractivity contribution < 1.29 is 40.1 Å². The van der Waals surface area contributed by atoms with Crippen LogP contribution >= 0.6 is 61.3 Å². The van der Waals surface area contributed by atoms with Crippen LogP contribution in [0.4, 0.5) is 0 Å². The average Bonchev–Trinajstić information content (AvgIpc) is 2.86. The summed E-state index contributed by atoms with van der Waals surface area (Å²) in [6.45, 7) is 12.8. The molecule has 41 heavy (non-hydrogen) atoms. The van der Waals surface area contributed by atoms with E-state index in [4.69, 9.17) is 26.6 Å². The first-order chi connectivity index (χ1) is 17.3. The largest absolute Gasteiger partial charge is 1.00 e. The molecule has 3 aliphatic rings. The van der Waals surface area contributed by atoms with E-state index in [1.165, 1.54) is 104 Å². The third kappa shape index (κ3) is 48.9. The monoisotopic (exact) mass is 717 g/mol. The fraction of sp³-hybridized carbons (Fsp3) is 0.960. The summed E-state index contributed by atoms with van der Waals surface area (Å²) >= 11 is 13.9. The predicted molar refractivity (Wildman–Crippen MR) is 191 cm³/mol. The van der Waals surface area contributed by atoms with Crippen LogP contribution in [0, 0.1) is 4.78 Å². The molecule has 0 aromatic heterocycles. The number of aliphatic hydroxyl groups excluding tert-OH is 1. The van der Waals surface area contributed by atoms with E-state index in [1.54, 1.807) is 6.92 Å². The van der Waals surface area contributed by atoms with Gasteiger partial charge in [-0.25, -0.2) is 0 Å². The van der Waals surface area contributed by atoms with Crippen molar-refractivity contribution in [2.75, 3.05) is 82.9 Å². The molecule has 3 fully saturated rings. The molecule has 3 saturated heterocycles. The van der Waals surface area contributed by atoms with Gasteiger partial charge in [0.15, 0.2) is 5.11 Å². The summed E-state index contributed by atoms with van der Waals surface area (Å²) in [5, 5.41) is 12.9. The van der Waals surface area contributed by atoms with Gasteiger partial charge in [0.05, 0.1) is 0 Å². The molecule has 0 aromatic carbocycles. The molecular weight excluding hydrogens is 656 g/mol. The molecule has 0 aliphatic carbocycles. The summed E-state index contributed by atoms with van der Waals surface area (Å²) in [6.07, 6.45) is 12.4. The van der Waals surface area contributed by atoms with E-state index in [0.29, 0.717) is 0 Å². The van der Waals surface area contributed by atoms with Gasteiger partial charge in [0.2, 0.25) is 0 Å². The first-order valence-corrected chi connectivity index (χ1v) is 16.5. The van der Waals surface area contributed by atoms with Crippen LogP contribution in [0.1, 0.15) is 72.1 Å². The SMILES string of the molecule is C.CCO.Cl.Cl.ClCCN1CCCCC1.N=S(N)CCN1CCCCC1.NC(N)=S.SCCN1CCCCC1.[Na+].[OH-]. The fourth-order valence-electron chi connectivity index (χ4n) is 4.04. The second-order valence-electron chi connectivity index (χ2n) is 8.97. The minimum Gasteiger partial charge on any atom is -0.870 e. The summed E-state index contributed by atoms with van der Waals surface area (Å²) in [5.41, 5.74) is 9.24. The van der Waals surface area contributed by atoms with Gasteiger partial charge < -0.3 is 36.7 Å². The quantitative estimate of drug-likeness (QED) is 0.0988. The molecule has 3 aliphatic heterocycles. The number of nitrogens with zero attached hydrogens (tertiary/aromatic N) is 3. The minimum atomic E-state index is -0.609. The van der Waals surface area contributed by atoms with Gasteiger partial charge in [0.25, 0.3) is 0 Å². The number of rotatable bonds is 7. The van der Waals surface area contributed by atoms with E-state index in [1.807, 2.05) is 0 Å². The zero-order valence-corrected chi connectivity index (χ0v) is 31.9. The van der Waals surface area contributed by atoms with Gasteiger partial charge in [0, 0.05) is 43.6 Å². The van der Waals surface area contributed by atoms with Gasteiger partial charge in [-0.1, -0.05) is 26.7 Å². The van der Waals surface area contributed by atoms with Crippen molar-refractivity contribution in [3.8, 4) is 0 Å². The molecule has 250 valence electrons. The van der Waals surface area contributed by atoms with Crippen molar-refractivity contribution in [1.82, 2.24) is 14.7 Å². The molecule has 0 bridgehead atoms. The number of nitrogens with two attached hydrogens (primary N) is 3. The third-order valence-corrected chi connectivity index (χ3v) is 6.78. The molecular formula is C25H63Cl3N7NaO2S3. The standard InChI is InChI=1S/C7H14ClN.C7H17N3S.C7H15NS.C2H6O.CH4N2S.CH4.2ClH.Na.H2O/c8-4-7-9-5-2-1-3-6-9;8-11(9)7-6-10-4-2-1-3-5-10;9-7-6-8-4-2-1-3-5-8;1-2-3;2-1(3)4;;;;;/h1-7H2;1-7H2,(H3,8,9);9H,1-7H2;3H,2H2,1H3;(H4,2,3,4);1H4;2*1H;;1H2/q;;;;;;;;+1;/p-1. The van der Waals surface area contributed by atoms with Gasteiger partial charge in [-0.05, 0) is 108 Å². The van der Waals surface area contributed by atoms with Crippen molar-refractivity contribution in [3.63, 3.8) is 0 Å². The molecule has 0 aromatic rings. The average molecular weight is 719 g/mol. The van der Waals surface area contributed by atoms with Gasteiger partial charge >= 0.3 is 29.6 Å². The summed E-state index contributed by atoms with van der Waals surface area (Å²) in [6, 6.07) is 0. The third-order valence-electron chi connectivity index (χ3n) is 5.79. The second-order valence-corrected chi connectivity index (χ2v) is 11.5. The number of nitrogens with one attached hydrogen (secondary N) is 1. The Balaban J connectivity index is -0.0000000723. The number of alkyl halides is 1. The number of thiol groups is 1. The van der Waals surface area contributed by atoms with Crippen molar-refractivity contribution in [3.05, 3.63) is 0 Å². The molecule has 9 nitrogen and oxygen atoms in total. The van der Waals surface area contributed by atoms with Crippen molar-refractivity contribution in [2.24, 2.45) is 16.6 Å². The second kappa shape index (κ2) is 46.2. The number of aliphatic hydroxyl groups is 1. The van der Waals surface area contributed by atoms with Crippen LogP contribution in [-0.2, 0) is 10.9 Å². The molecule has 0 amide bonds. The Bertz CT molecular complexity index is 484. The first kappa shape index (κ1) is 58.4. The van der Waals surface area contributed by atoms with Crippen LogP contribution < -0.4 is 46.2 Å². The van der Waals surface area contributed by atoms with Gasteiger partial charge in [-0.3, -0.25) is 9.92 Å². The van der Waals surface area contributed by atoms with Crippen LogP contribution in [0.2, 0.25) is 0 Å². The van der Waals surface area contributed by atoms with Gasteiger partial charge in [-0.2, -0.15) is 12.6 Å². The van der Waals surface area contributed by atoms with Crippen molar-refractivity contribution >= 4 is 77.3 Å².